The molecule has 1 heterocycles. The SMILES string of the molecule is COc1cc(OC)c(OC)cc1CNC(=O)[C@H]1NCCO[C@@H]1C. The molecule has 128 valence electrons. The first-order chi connectivity index (χ1) is 11.1. The molecule has 1 saturated heterocycles. The van der Waals surface area contributed by atoms with Crippen LogP contribution in [-0.2, 0) is 16.1 Å². The second-order valence-corrected chi connectivity index (χ2v) is 5.24. The Balaban J connectivity index is 2.08. The first-order valence-corrected chi connectivity index (χ1v) is 7.52. The number of methoxy groups -OCH3 is 3. The van der Waals surface area contributed by atoms with Gasteiger partial charge in [0, 0.05) is 24.7 Å². The van der Waals surface area contributed by atoms with E-state index in [1.165, 1.54) is 0 Å². The molecule has 2 N–H and O–H groups in total. The van der Waals surface area contributed by atoms with E-state index in [1.54, 1.807) is 33.5 Å². The van der Waals surface area contributed by atoms with E-state index in [1.807, 2.05) is 6.92 Å². The maximum absolute atomic E-state index is 12.3. The Bertz CT molecular complexity index is 550. The summed E-state index contributed by atoms with van der Waals surface area (Å²) in [6.07, 6.45) is -0.156. The lowest BCUT2D eigenvalue weighted by molar-refractivity contribution is -0.129. The third kappa shape index (κ3) is 4.05. The molecule has 0 spiro atoms. The minimum atomic E-state index is -0.352. The molecule has 2 rings (SSSR count). The van der Waals surface area contributed by atoms with Gasteiger partial charge in [-0.1, -0.05) is 0 Å². The summed E-state index contributed by atoms with van der Waals surface area (Å²) in [5, 5.41) is 6.07. The number of nitrogens with one attached hydrogen (secondary N) is 2. The summed E-state index contributed by atoms with van der Waals surface area (Å²) in [5.41, 5.74) is 0.808. The van der Waals surface area contributed by atoms with Gasteiger partial charge < -0.3 is 29.6 Å². The van der Waals surface area contributed by atoms with E-state index in [0.29, 0.717) is 36.9 Å². The number of carbonyl (C=O) groups excluding carboxylic acids is 1. The number of carbonyl (C=O) groups is 1. The number of hydrogen-bond donors (Lipinski definition) is 2. The Hall–Kier alpha value is -1.99. The van der Waals surface area contributed by atoms with Crippen molar-refractivity contribution < 1.29 is 23.7 Å². The van der Waals surface area contributed by atoms with Gasteiger partial charge in [-0.2, -0.15) is 0 Å². The molecule has 0 saturated carbocycles. The van der Waals surface area contributed by atoms with Crippen LogP contribution < -0.4 is 24.8 Å². The van der Waals surface area contributed by atoms with Crippen LogP contribution in [0.4, 0.5) is 0 Å². The van der Waals surface area contributed by atoms with Gasteiger partial charge in [-0.25, -0.2) is 0 Å². The van der Waals surface area contributed by atoms with Gasteiger partial charge in [-0.05, 0) is 13.0 Å². The van der Waals surface area contributed by atoms with Crippen LogP contribution in [0.5, 0.6) is 17.2 Å². The summed E-state index contributed by atoms with van der Waals surface area (Å²) >= 11 is 0. The van der Waals surface area contributed by atoms with Gasteiger partial charge in [-0.3, -0.25) is 4.79 Å². The van der Waals surface area contributed by atoms with Crippen LogP contribution in [0.1, 0.15) is 12.5 Å². The Labute approximate surface area is 136 Å². The van der Waals surface area contributed by atoms with Gasteiger partial charge >= 0.3 is 0 Å². The standard InChI is InChI=1S/C16H24N2O5/c1-10-15(17-5-6-23-10)16(19)18-9-11-7-13(21-3)14(22-4)8-12(11)20-2/h7-8,10,15,17H,5-6,9H2,1-4H3,(H,18,19)/t10-,15+/m1/s1. The second kappa shape index (κ2) is 8.03. The molecule has 2 atom stereocenters. The molecule has 7 nitrogen and oxygen atoms in total. The molecule has 0 aromatic heterocycles. The van der Waals surface area contributed by atoms with Gasteiger partial charge in [0.05, 0.1) is 34.0 Å². The van der Waals surface area contributed by atoms with E-state index >= 15 is 0 Å². The zero-order valence-corrected chi connectivity index (χ0v) is 14.0. The highest BCUT2D eigenvalue weighted by Crippen LogP contribution is 2.34. The molecule has 1 fully saturated rings. The van der Waals surface area contributed by atoms with Crippen LogP contribution in [0.2, 0.25) is 0 Å². The molecule has 7 heteroatoms. The number of morpholine rings is 1. The fourth-order valence-electron chi connectivity index (χ4n) is 2.55. The lowest BCUT2D eigenvalue weighted by atomic mass is 10.1. The molecule has 0 bridgehead atoms. The van der Waals surface area contributed by atoms with Crippen molar-refractivity contribution in [2.75, 3.05) is 34.5 Å². The zero-order valence-electron chi connectivity index (χ0n) is 14.0. The molecule has 0 radical (unpaired) electrons. The third-order valence-electron chi connectivity index (χ3n) is 3.84. The normalized spacial score (nSPS) is 20.7. The van der Waals surface area contributed by atoms with Crippen molar-refractivity contribution in [3.05, 3.63) is 17.7 Å². The van der Waals surface area contributed by atoms with Crippen LogP contribution in [0, 0.1) is 0 Å². The molecule has 0 aliphatic carbocycles. The van der Waals surface area contributed by atoms with Crippen LogP contribution in [-0.4, -0.2) is 52.5 Å². The average Bonchev–Trinajstić information content (AvgIpc) is 2.59. The first-order valence-electron chi connectivity index (χ1n) is 7.52. The lowest BCUT2D eigenvalue weighted by Gasteiger charge is -2.29. The molecule has 1 aromatic rings. The third-order valence-corrected chi connectivity index (χ3v) is 3.84. The van der Waals surface area contributed by atoms with Crippen LogP contribution in [0.3, 0.4) is 0 Å². The van der Waals surface area contributed by atoms with Crippen molar-refractivity contribution >= 4 is 5.91 Å². The molecule has 1 aromatic carbocycles. The van der Waals surface area contributed by atoms with Crippen LogP contribution in [0.15, 0.2) is 12.1 Å². The second-order valence-electron chi connectivity index (χ2n) is 5.24. The smallest absolute Gasteiger partial charge is 0.240 e. The predicted molar refractivity (Wildman–Crippen MR) is 85.1 cm³/mol. The average molecular weight is 324 g/mol. The van der Waals surface area contributed by atoms with Crippen molar-refractivity contribution in [2.45, 2.75) is 25.6 Å². The van der Waals surface area contributed by atoms with E-state index in [4.69, 9.17) is 18.9 Å². The van der Waals surface area contributed by atoms with E-state index < -0.39 is 0 Å². The highest BCUT2D eigenvalue weighted by molar-refractivity contribution is 5.82. The summed E-state index contributed by atoms with van der Waals surface area (Å²) in [5.74, 6) is 1.69. The van der Waals surface area contributed by atoms with Crippen molar-refractivity contribution in [3.8, 4) is 17.2 Å². The highest BCUT2D eigenvalue weighted by atomic mass is 16.5. The van der Waals surface area contributed by atoms with Gasteiger partial charge in [0.15, 0.2) is 11.5 Å². The van der Waals surface area contributed by atoms with E-state index in [0.717, 1.165) is 5.56 Å². The van der Waals surface area contributed by atoms with Crippen molar-refractivity contribution in [1.29, 1.82) is 0 Å². The molecule has 1 amide bonds. The number of benzene rings is 1. The number of ether oxygens (including phenoxy) is 4. The van der Waals surface area contributed by atoms with Crippen LogP contribution in [0.25, 0.3) is 0 Å². The number of hydrogen-bond acceptors (Lipinski definition) is 6. The Kier molecular flexibility index (Phi) is 6.06. The zero-order chi connectivity index (χ0) is 16.8. The molecule has 23 heavy (non-hydrogen) atoms. The van der Waals surface area contributed by atoms with Gasteiger partial charge in [0.1, 0.15) is 11.8 Å². The Morgan fingerprint density at radius 1 is 1.22 bits per heavy atom. The largest absolute Gasteiger partial charge is 0.496 e. The summed E-state index contributed by atoms with van der Waals surface area (Å²) in [6.45, 7) is 3.50. The maximum Gasteiger partial charge on any atom is 0.240 e. The number of amides is 1. The quantitative estimate of drug-likeness (QED) is 0.802. The van der Waals surface area contributed by atoms with Crippen LogP contribution >= 0.6 is 0 Å². The molecular weight excluding hydrogens is 300 g/mol. The summed E-state index contributed by atoms with van der Waals surface area (Å²) < 4.78 is 21.4. The summed E-state index contributed by atoms with van der Waals surface area (Å²) in [4.78, 5) is 12.3. The monoisotopic (exact) mass is 324 g/mol. The molecule has 1 aliphatic heterocycles. The first kappa shape index (κ1) is 17.4. The van der Waals surface area contributed by atoms with Gasteiger partial charge in [0.25, 0.3) is 0 Å². The summed E-state index contributed by atoms with van der Waals surface area (Å²) in [7, 11) is 4.71. The lowest BCUT2D eigenvalue weighted by Crippen LogP contribution is -2.55. The minimum Gasteiger partial charge on any atom is -0.496 e. The number of rotatable bonds is 6. The Morgan fingerprint density at radius 2 is 1.87 bits per heavy atom. The highest BCUT2D eigenvalue weighted by Gasteiger charge is 2.28. The van der Waals surface area contributed by atoms with Crippen molar-refractivity contribution in [3.63, 3.8) is 0 Å². The minimum absolute atomic E-state index is 0.103. The molecule has 0 unspecified atom stereocenters. The van der Waals surface area contributed by atoms with Gasteiger partial charge in [0.2, 0.25) is 5.91 Å². The van der Waals surface area contributed by atoms with E-state index in [-0.39, 0.29) is 18.1 Å². The van der Waals surface area contributed by atoms with Crippen molar-refractivity contribution in [2.24, 2.45) is 0 Å². The van der Waals surface area contributed by atoms with Gasteiger partial charge in [-0.15, -0.1) is 0 Å². The maximum atomic E-state index is 12.3. The molecule has 1 aliphatic rings. The van der Waals surface area contributed by atoms with Crippen molar-refractivity contribution in [1.82, 2.24) is 10.6 Å². The molecular formula is C16H24N2O5. The predicted octanol–water partition coefficient (Wildman–Crippen LogP) is 0.706. The fraction of sp³-hybridized carbons (Fsp3) is 0.562. The van der Waals surface area contributed by atoms with E-state index in [2.05, 4.69) is 10.6 Å². The topological polar surface area (TPSA) is 78.0 Å². The Morgan fingerprint density at radius 3 is 2.48 bits per heavy atom. The fourth-order valence-corrected chi connectivity index (χ4v) is 2.55. The summed E-state index contributed by atoms with van der Waals surface area (Å²) in [6, 6.07) is 3.19. The van der Waals surface area contributed by atoms with E-state index in [9.17, 15) is 4.79 Å².